The van der Waals surface area contributed by atoms with Crippen LogP contribution in [0.25, 0.3) is 0 Å². The predicted octanol–water partition coefficient (Wildman–Crippen LogP) is 4.85. The molecule has 1 aromatic carbocycles. The summed E-state index contributed by atoms with van der Waals surface area (Å²) in [7, 11) is 0. The Balaban J connectivity index is 0.00000121. The Labute approximate surface area is 110 Å². The molecule has 0 saturated heterocycles. The second-order valence-corrected chi connectivity index (χ2v) is 4.06. The van der Waals surface area contributed by atoms with E-state index >= 15 is 0 Å². The van der Waals surface area contributed by atoms with Crippen molar-refractivity contribution in [3.05, 3.63) is 58.8 Å². The highest BCUT2D eigenvalue weighted by molar-refractivity contribution is 6.31. The fraction of sp³-hybridized carbons (Fsp3) is 0.333. The first-order valence-electron chi connectivity index (χ1n) is 5.90. The molecule has 0 radical (unpaired) electrons. The molecular formula is C15H22ClN. The van der Waals surface area contributed by atoms with Crippen LogP contribution in [0.2, 0.25) is 5.02 Å². The molecule has 0 saturated carbocycles. The number of benzene rings is 1. The van der Waals surface area contributed by atoms with Crippen LogP contribution in [0.4, 0.5) is 0 Å². The van der Waals surface area contributed by atoms with Gasteiger partial charge in [-0.1, -0.05) is 49.7 Å². The maximum absolute atomic E-state index is 6.09. The third kappa shape index (κ3) is 6.85. The lowest BCUT2D eigenvalue weighted by atomic mass is 10.1. The van der Waals surface area contributed by atoms with E-state index in [1.807, 2.05) is 52.1 Å². The summed E-state index contributed by atoms with van der Waals surface area (Å²) in [6, 6.07) is 6.08. The number of hydrogen-bond acceptors (Lipinski definition) is 1. The van der Waals surface area contributed by atoms with Crippen LogP contribution in [-0.4, -0.2) is 0 Å². The number of aryl methyl sites for hydroxylation is 1. The Morgan fingerprint density at radius 3 is 2.59 bits per heavy atom. The minimum atomic E-state index is 0.739. The molecule has 0 heterocycles. The van der Waals surface area contributed by atoms with Crippen molar-refractivity contribution in [2.75, 3.05) is 0 Å². The summed E-state index contributed by atoms with van der Waals surface area (Å²) in [6.45, 7) is 12.5. The van der Waals surface area contributed by atoms with Gasteiger partial charge in [0.2, 0.25) is 0 Å². The standard InChI is InChI=1S/C13H16ClN.C2H6/c1-10(2)6-7-15-9-12-5-4-11(3)8-13(12)14;1-2/h4-8,15H,1,9H2,2-3H3;1-2H3/b7-6-;. The fourth-order valence-corrected chi connectivity index (χ4v) is 1.47. The van der Waals surface area contributed by atoms with Crippen molar-refractivity contribution in [1.82, 2.24) is 5.32 Å². The first kappa shape index (κ1) is 15.8. The van der Waals surface area contributed by atoms with Gasteiger partial charge in [-0.3, -0.25) is 0 Å². The highest BCUT2D eigenvalue weighted by Crippen LogP contribution is 2.17. The zero-order chi connectivity index (χ0) is 13.3. The lowest BCUT2D eigenvalue weighted by Gasteiger charge is -2.05. The van der Waals surface area contributed by atoms with Crippen LogP contribution in [0.15, 0.2) is 42.6 Å². The van der Waals surface area contributed by atoms with Gasteiger partial charge in [0, 0.05) is 11.6 Å². The molecule has 0 aromatic heterocycles. The van der Waals surface area contributed by atoms with E-state index in [0.29, 0.717) is 0 Å². The average Bonchev–Trinajstić information content (AvgIpc) is 2.29. The molecule has 0 atom stereocenters. The van der Waals surface area contributed by atoms with Gasteiger partial charge in [0.1, 0.15) is 0 Å². The summed E-state index contributed by atoms with van der Waals surface area (Å²) in [5.41, 5.74) is 3.31. The van der Waals surface area contributed by atoms with Crippen molar-refractivity contribution < 1.29 is 0 Å². The molecule has 1 rings (SSSR count). The maximum atomic E-state index is 6.09. The molecule has 0 amide bonds. The minimum Gasteiger partial charge on any atom is -0.387 e. The van der Waals surface area contributed by atoms with Gasteiger partial charge in [0.05, 0.1) is 0 Å². The Morgan fingerprint density at radius 1 is 1.41 bits per heavy atom. The molecule has 0 unspecified atom stereocenters. The summed E-state index contributed by atoms with van der Waals surface area (Å²) >= 11 is 6.09. The van der Waals surface area contributed by atoms with E-state index in [1.165, 1.54) is 5.56 Å². The van der Waals surface area contributed by atoms with Gasteiger partial charge in [0.25, 0.3) is 0 Å². The van der Waals surface area contributed by atoms with E-state index in [2.05, 4.69) is 18.0 Å². The molecule has 0 bridgehead atoms. The van der Waals surface area contributed by atoms with E-state index in [-0.39, 0.29) is 0 Å². The van der Waals surface area contributed by atoms with Crippen LogP contribution in [0.1, 0.15) is 31.9 Å². The van der Waals surface area contributed by atoms with Gasteiger partial charge >= 0.3 is 0 Å². The minimum absolute atomic E-state index is 0.739. The van der Waals surface area contributed by atoms with Crippen LogP contribution in [0, 0.1) is 6.92 Å². The number of halogens is 1. The van der Waals surface area contributed by atoms with Gasteiger partial charge in [-0.2, -0.15) is 0 Å². The molecule has 0 aliphatic carbocycles. The van der Waals surface area contributed by atoms with Crippen molar-refractivity contribution in [1.29, 1.82) is 0 Å². The van der Waals surface area contributed by atoms with Crippen LogP contribution < -0.4 is 5.32 Å². The summed E-state index contributed by atoms with van der Waals surface area (Å²) in [5, 5.41) is 3.98. The van der Waals surface area contributed by atoms with Crippen molar-refractivity contribution in [2.24, 2.45) is 0 Å². The lowest BCUT2D eigenvalue weighted by Crippen LogP contribution is -2.04. The summed E-state index contributed by atoms with van der Waals surface area (Å²) in [6.07, 6.45) is 3.82. The normalized spacial score (nSPS) is 9.71. The molecule has 0 aliphatic heterocycles. The van der Waals surface area contributed by atoms with E-state index in [9.17, 15) is 0 Å². The van der Waals surface area contributed by atoms with E-state index < -0.39 is 0 Å². The SMILES string of the molecule is C=C(C)/C=C\NCc1ccc(C)cc1Cl.CC. The average molecular weight is 252 g/mol. The monoisotopic (exact) mass is 251 g/mol. The van der Waals surface area contributed by atoms with Gasteiger partial charge in [0.15, 0.2) is 0 Å². The zero-order valence-electron chi connectivity index (χ0n) is 11.2. The molecule has 94 valence electrons. The van der Waals surface area contributed by atoms with Gasteiger partial charge < -0.3 is 5.32 Å². The first-order chi connectivity index (χ1) is 8.09. The third-order valence-electron chi connectivity index (χ3n) is 1.99. The Hall–Kier alpha value is -1.21. The largest absolute Gasteiger partial charge is 0.387 e. The number of allylic oxidation sites excluding steroid dienone is 2. The molecule has 0 fully saturated rings. The van der Waals surface area contributed by atoms with E-state index in [4.69, 9.17) is 11.6 Å². The highest BCUT2D eigenvalue weighted by Gasteiger charge is 1.98. The lowest BCUT2D eigenvalue weighted by molar-refractivity contribution is 0.868. The second kappa shape index (κ2) is 8.89. The van der Waals surface area contributed by atoms with Gasteiger partial charge in [-0.15, -0.1) is 0 Å². The second-order valence-electron chi connectivity index (χ2n) is 3.66. The summed E-state index contributed by atoms with van der Waals surface area (Å²) in [4.78, 5) is 0. The van der Waals surface area contributed by atoms with Crippen LogP contribution >= 0.6 is 11.6 Å². The Bertz CT molecular complexity index is 381. The number of rotatable bonds is 4. The fourth-order valence-electron chi connectivity index (χ4n) is 1.17. The van der Waals surface area contributed by atoms with Crippen LogP contribution in [0.5, 0.6) is 0 Å². The molecule has 1 nitrogen and oxygen atoms in total. The molecular weight excluding hydrogens is 230 g/mol. The summed E-state index contributed by atoms with van der Waals surface area (Å²) < 4.78 is 0. The molecule has 2 heteroatoms. The molecule has 1 aromatic rings. The smallest absolute Gasteiger partial charge is 0.0458 e. The third-order valence-corrected chi connectivity index (χ3v) is 2.34. The Morgan fingerprint density at radius 2 is 2.06 bits per heavy atom. The number of hydrogen-bond donors (Lipinski definition) is 1. The van der Waals surface area contributed by atoms with E-state index in [0.717, 1.165) is 22.7 Å². The maximum Gasteiger partial charge on any atom is 0.0458 e. The van der Waals surface area contributed by atoms with Crippen LogP contribution in [0.3, 0.4) is 0 Å². The van der Waals surface area contributed by atoms with Crippen molar-refractivity contribution in [3.63, 3.8) is 0 Å². The van der Waals surface area contributed by atoms with E-state index in [1.54, 1.807) is 0 Å². The number of nitrogens with one attached hydrogen (secondary N) is 1. The van der Waals surface area contributed by atoms with Crippen molar-refractivity contribution in [3.8, 4) is 0 Å². The quantitative estimate of drug-likeness (QED) is 0.754. The summed E-state index contributed by atoms with van der Waals surface area (Å²) in [5.74, 6) is 0. The van der Waals surface area contributed by atoms with Crippen molar-refractivity contribution in [2.45, 2.75) is 34.2 Å². The highest BCUT2D eigenvalue weighted by atomic mass is 35.5. The van der Waals surface area contributed by atoms with Crippen LogP contribution in [-0.2, 0) is 6.54 Å². The topological polar surface area (TPSA) is 12.0 Å². The zero-order valence-corrected chi connectivity index (χ0v) is 11.9. The van der Waals surface area contributed by atoms with Gasteiger partial charge in [-0.25, -0.2) is 0 Å². The Kier molecular flexibility index (Phi) is 8.25. The van der Waals surface area contributed by atoms with Gasteiger partial charge in [-0.05, 0) is 43.3 Å². The predicted molar refractivity (Wildman–Crippen MR) is 78.3 cm³/mol. The molecule has 17 heavy (non-hydrogen) atoms. The molecule has 0 spiro atoms. The molecule has 1 N–H and O–H groups in total. The van der Waals surface area contributed by atoms with Crippen molar-refractivity contribution >= 4 is 11.6 Å². The molecule has 0 aliphatic rings. The first-order valence-corrected chi connectivity index (χ1v) is 6.28.